The van der Waals surface area contributed by atoms with Crippen LogP contribution in [0.3, 0.4) is 0 Å². The van der Waals surface area contributed by atoms with Crippen molar-refractivity contribution in [3.63, 3.8) is 0 Å². The molecule has 2 fully saturated rings. The molecule has 1 unspecified atom stereocenters. The number of ether oxygens (including phenoxy) is 2. The van der Waals surface area contributed by atoms with Crippen LogP contribution in [0.1, 0.15) is 44.9 Å². The summed E-state index contributed by atoms with van der Waals surface area (Å²) in [7, 11) is 1.75. The Kier molecular flexibility index (Phi) is 5.26. The molecule has 0 bridgehead atoms. The van der Waals surface area contributed by atoms with Crippen molar-refractivity contribution < 1.29 is 9.47 Å². The fraction of sp³-hybridized carbons (Fsp3) is 1.00. The minimum atomic E-state index is 0.326. The highest BCUT2D eigenvalue weighted by Crippen LogP contribution is 2.45. The van der Waals surface area contributed by atoms with E-state index in [1.54, 1.807) is 7.11 Å². The van der Waals surface area contributed by atoms with Gasteiger partial charge in [-0.25, -0.2) is 0 Å². The molecule has 0 aromatic rings. The highest BCUT2D eigenvalue weighted by Gasteiger charge is 2.42. The van der Waals surface area contributed by atoms with Gasteiger partial charge in [0.15, 0.2) is 0 Å². The van der Waals surface area contributed by atoms with Crippen LogP contribution in [0.4, 0.5) is 0 Å². The smallest absolute Gasteiger partial charge is 0.0685 e. The van der Waals surface area contributed by atoms with E-state index >= 15 is 0 Å². The Hall–Kier alpha value is -0.120. The van der Waals surface area contributed by atoms with Crippen molar-refractivity contribution in [2.75, 3.05) is 33.4 Å². The van der Waals surface area contributed by atoms with Crippen LogP contribution in [0.5, 0.6) is 0 Å². The first-order valence-corrected chi connectivity index (χ1v) is 7.18. The lowest BCUT2D eigenvalue weighted by Crippen LogP contribution is -2.45. The first-order chi connectivity index (χ1) is 8.35. The largest absolute Gasteiger partial charge is 0.383 e. The van der Waals surface area contributed by atoms with Gasteiger partial charge in [0.2, 0.25) is 0 Å². The van der Waals surface area contributed by atoms with Gasteiger partial charge in [0.25, 0.3) is 0 Å². The van der Waals surface area contributed by atoms with Crippen molar-refractivity contribution in [2.45, 2.75) is 50.5 Å². The number of nitrogens with one attached hydrogen (secondary N) is 1. The van der Waals surface area contributed by atoms with E-state index in [9.17, 15) is 0 Å². The molecule has 1 saturated carbocycles. The number of rotatable bonds is 7. The molecule has 1 aliphatic heterocycles. The van der Waals surface area contributed by atoms with Gasteiger partial charge in [-0.3, -0.25) is 0 Å². The van der Waals surface area contributed by atoms with Gasteiger partial charge >= 0.3 is 0 Å². The first kappa shape index (κ1) is 13.3. The summed E-state index contributed by atoms with van der Waals surface area (Å²) in [5.74, 6) is 0.910. The first-order valence-electron chi connectivity index (χ1n) is 7.18. The van der Waals surface area contributed by atoms with Gasteiger partial charge in [-0.1, -0.05) is 0 Å². The molecule has 0 amide bonds. The lowest BCUT2D eigenvalue weighted by molar-refractivity contribution is -0.144. The zero-order chi connectivity index (χ0) is 12.0. The summed E-state index contributed by atoms with van der Waals surface area (Å²) in [6.07, 6.45) is 9.27. The molecule has 1 saturated heterocycles. The Morgan fingerprint density at radius 1 is 1.35 bits per heavy atom. The zero-order valence-electron chi connectivity index (χ0n) is 11.2. The van der Waals surface area contributed by atoms with E-state index in [2.05, 4.69) is 5.32 Å². The highest BCUT2D eigenvalue weighted by atomic mass is 16.5. The third kappa shape index (κ3) is 3.94. The minimum absolute atomic E-state index is 0.326. The van der Waals surface area contributed by atoms with Gasteiger partial charge in [0.05, 0.1) is 12.2 Å². The normalized spacial score (nSPS) is 27.0. The summed E-state index contributed by atoms with van der Waals surface area (Å²) in [5, 5.41) is 3.42. The highest BCUT2D eigenvalue weighted by molar-refractivity contribution is 4.93. The van der Waals surface area contributed by atoms with Gasteiger partial charge in [-0.05, 0) is 57.4 Å². The Bertz CT molecular complexity index is 216. The molecule has 3 heteroatoms. The molecule has 0 radical (unpaired) electrons. The van der Waals surface area contributed by atoms with Gasteiger partial charge in [0, 0.05) is 20.3 Å². The van der Waals surface area contributed by atoms with Crippen molar-refractivity contribution >= 4 is 0 Å². The van der Waals surface area contributed by atoms with Crippen LogP contribution in [0, 0.1) is 5.92 Å². The molecule has 0 aromatic carbocycles. The van der Waals surface area contributed by atoms with Crippen LogP contribution in [-0.2, 0) is 9.47 Å². The molecule has 1 spiro atoms. The lowest BCUT2D eigenvalue weighted by atomic mass is 9.71. The maximum absolute atomic E-state index is 5.96. The molecule has 3 nitrogen and oxygen atoms in total. The second kappa shape index (κ2) is 6.72. The molecule has 100 valence electrons. The molecule has 0 aromatic heterocycles. The Morgan fingerprint density at radius 3 is 2.94 bits per heavy atom. The van der Waals surface area contributed by atoms with Crippen LogP contribution in [0.2, 0.25) is 0 Å². The van der Waals surface area contributed by atoms with E-state index in [1.807, 2.05) is 0 Å². The Morgan fingerprint density at radius 2 is 2.24 bits per heavy atom. The molecule has 1 N–H and O–H groups in total. The number of hydrogen-bond donors (Lipinski definition) is 1. The topological polar surface area (TPSA) is 30.5 Å². The second-order valence-electron chi connectivity index (χ2n) is 5.63. The summed E-state index contributed by atoms with van der Waals surface area (Å²) in [5.41, 5.74) is 0.326. The fourth-order valence-electron chi connectivity index (χ4n) is 3.11. The third-order valence-corrected chi connectivity index (χ3v) is 4.31. The SMILES string of the molecule is COCCNCCCC1CCOC2(CCC2)C1. The predicted molar refractivity (Wildman–Crippen MR) is 69.2 cm³/mol. The van der Waals surface area contributed by atoms with Crippen LogP contribution in [-0.4, -0.2) is 39.0 Å². The van der Waals surface area contributed by atoms with Gasteiger partial charge < -0.3 is 14.8 Å². The van der Waals surface area contributed by atoms with Crippen molar-refractivity contribution in [2.24, 2.45) is 5.92 Å². The summed E-state index contributed by atoms with van der Waals surface area (Å²) in [6, 6.07) is 0. The van der Waals surface area contributed by atoms with E-state index in [-0.39, 0.29) is 0 Å². The quantitative estimate of drug-likeness (QED) is 0.694. The van der Waals surface area contributed by atoms with Crippen LogP contribution < -0.4 is 5.32 Å². The summed E-state index contributed by atoms with van der Waals surface area (Å²) in [4.78, 5) is 0. The fourth-order valence-corrected chi connectivity index (χ4v) is 3.11. The average molecular weight is 241 g/mol. The number of methoxy groups -OCH3 is 1. The molecular formula is C14H27NO2. The van der Waals surface area contributed by atoms with Crippen molar-refractivity contribution in [1.29, 1.82) is 0 Å². The molecule has 1 heterocycles. The summed E-state index contributed by atoms with van der Waals surface area (Å²) in [6.45, 7) is 3.93. The Balaban J connectivity index is 1.53. The van der Waals surface area contributed by atoms with Gasteiger partial charge in [0.1, 0.15) is 0 Å². The molecule has 17 heavy (non-hydrogen) atoms. The van der Waals surface area contributed by atoms with E-state index in [1.165, 1.54) is 44.9 Å². The van der Waals surface area contributed by atoms with Crippen molar-refractivity contribution in [1.82, 2.24) is 5.32 Å². The van der Waals surface area contributed by atoms with Crippen molar-refractivity contribution in [3.8, 4) is 0 Å². The van der Waals surface area contributed by atoms with Gasteiger partial charge in [-0.15, -0.1) is 0 Å². The molecule has 2 rings (SSSR count). The molecule has 1 atom stereocenters. The molecule has 1 aliphatic carbocycles. The van der Waals surface area contributed by atoms with E-state index in [0.717, 1.165) is 32.2 Å². The summed E-state index contributed by atoms with van der Waals surface area (Å²) >= 11 is 0. The molecular weight excluding hydrogens is 214 g/mol. The average Bonchev–Trinajstić information content (AvgIpc) is 2.32. The maximum Gasteiger partial charge on any atom is 0.0685 e. The van der Waals surface area contributed by atoms with Crippen LogP contribution in [0.25, 0.3) is 0 Å². The Labute approximate surface area is 105 Å². The zero-order valence-corrected chi connectivity index (χ0v) is 11.2. The third-order valence-electron chi connectivity index (χ3n) is 4.31. The maximum atomic E-state index is 5.96. The second-order valence-corrected chi connectivity index (χ2v) is 5.63. The lowest BCUT2D eigenvalue weighted by Gasteiger charge is -2.47. The van der Waals surface area contributed by atoms with Gasteiger partial charge in [-0.2, -0.15) is 0 Å². The molecule has 2 aliphatic rings. The van der Waals surface area contributed by atoms with E-state index in [4.69, 9.17) is 9.47 Å². The van der Waals surface area contributed by atoms with Crippen LogP contribution >= 0.6 is 0 Å². The van der Waals surface area contributed by atoms with E-state index < -0.39 is 0 Å². The van der Waals surface area contributed by atoms with Crippen molar-refractivity contribution in [3.05, 3.63) is 0 Å². The number of hydrogen-bond acceptors (Lipinski definition) is 3. The summed E-state index contributed by atoms with van der Waals surface area (Å²) < 4.78 is 11.0. The van der Waals surface area contributed by atoms with Crippen LogP contribution in [0.15, 0.2) is 0 Å². The van der Waals surface area contributed by atoms with E-state index in [0.29, 0.717) is 5.60 Å². The predicted octanol–water partition coefficient (Wildman–Crippen LogP) is 2.35. The standard InChI is InChI=1S/C14H27NO2/c1-16-11-9-15-8-2-4-13-5-10-17-14(12-13)6-3-7-14/h13,15H,2-12H2,1H3. The monoisotopic (exact) mass is 241 g/mol. The minimum Gasteiger partial charge on any atom is -0.383 e.